The Balaban J connectivity index is 1.95. The number of aromatic amines is 1. The molecule has 0 spiro atoms. The zero-order chi connectivity index (χ0) is 22.1. The smallest absolute Gasteiger partial charge is 0.268 e. The lowest BCUT2D eigenvalue weighted by Crippen LogP contribution is -2.29. The van der Waals surface area contributed by atoms with Gasteiger partial charge in [0.15, 0.2) is 5.82 Å². The van der Waals surface area contributed by atoms with E-state index in [1.54, 1.807) is 18.2 Å². The number of hydrogen-bond donors (Lipinski definition) is 4. The molecule has 0 bridgehead atoms. The molecule has 0 aliphatic carbocycles. The van der Waals surface area contributed by atoms with E-state index in [9.17, 15) is 4.79 Å². The SMILES string of the molecule is CCC[C@H](Nc1nc(N)nc(N)c1Cl)c1nc2cccc(Cl)c2c(=O)n1-c1cnc[nH]1. The molecule has 0 fully saturated rings. The van der Waals surface area contributed by atoms with Crippen LogP contribution in [-0.2, 0) is 0 Å². The van der Waals surface area contributed by atoms with Gasteiger partial charge >= 0.3 is 0 Å². The summed E-state index contributed by atoms with van der Waals surface area (Å²) in [6, 6.07) is 4.67. The predicted octanol–water partition coefficient (Wildman–Crippen LogP) is 3.32. The molecule has 4 rings (SSSR count). The minimum absolute atomic E-state index is 0.0242. The van der Waals surface area contributed by atoms with E-state index < -0.39 is 6.04 Å². The Labute approximate surface area is 186 Å². The number of H-pyrrole nitrogens is 1. The number of anilines is 3. The van der Waals surface area contributed by atoms with Crippen molar-refractivity contribution in [2.24, 2.45) is 0 Å². The molecule has 0 saturated carbocycles. The lowest BCUT2D eigenvalue weighted by atomic mass is 10.1. The standard InChI is InChI=1S/C19H19Cl2N9O/c1-2-4-11(26-16-14(21)15(22)28-19(23)29-16)17-27-10-6-3-5-9(20)13(10)18(31)30(17)12-7-24-8-25-12/h3,5-8,11H,2,4H2,1H3,(H,24,25)(H5,22,23,26,28,29)/t11-/m0/s1. The highest BCUT2D eigenvalue weighted by Crippen LogP contribution is 2.31. The number of nitrogens with zero attached hydrogens (tertiary/aromatic N) is 5. The molecular weight excluding hydrogens is 441 g/mol. The molecule has 12 heteroatoms. The summed E-state index contributed by atoms with van der Waals surface area (Å²) in [4.78, 5) is 33.3. The molecule has 1 aromatic carbocycles. The van der Waals surface area contributed by atoms with Crippen LogP contribution in [0, 0.1) is 0 Å². The zero-order valence-electron chi connectivity index (χ0n) is 16.4. The molecule has 0 aliphatic rings. The molecule has 3 heterocycles. The van der Waals surface area contributed by atoms with Crippen LogP contribution in [0.4, 0.5) is 17.6 Å². The molecule has 3 aromatic heterocycles. The van der Waals surface area contributed by atoms with Crippen molar-refractivity contribution in [1.29, 1.82) is 0 Å². The van der Waals surface area contributed by atoms with Crippen LogP contribution in [0.15, 0.2) is 35.5 Å². The first-order valence-electron chi connectivity index (χ1n) is 9.45. The van der Waals surface area contributed by atoms with Crippen LogP contribution in [0.5, 0.6) is 0 Å². The summed E-state index contributed by atoms with van der Waals surface area (Å²) in [7, 11) is 0. The summed E-state index contributed by atoms with van der Waals surface area (Å²) in [5.74, 6) is 1.16. The van der Waals surface area contributed by atoms with Crippen molar-refractivity contribution in [2.75, 3.05) is 16.8 Å². The Bertz CT molecular complexity index is 1300. The summed E-state index contributed by atoms with van der Waals surface area (Å²) < 4.78 is 1.44. The number of aromatic nitrogens is 6. The first kappa shape index (κ1) is 20.9. The van der Waals surface area contributed by atoms with Gasteiger partial charge in [-0.2, -0.15) is 9.97 Å². The van der Waals surface area contributed by atoms with Gasteiger partial charge in [-0.25, -0.2) is 14.5 Å². The van der Waals surface area contributed by atoms with Crippen LogP contribution < -0.4 is 22.3 Å². The maximum atomic E-state index is 13.5. The maximum absolute atomic E-state index is 13.5. The number of fused-ring (bicyclic) bond motifs is 1. The van der Waals surface area contributed by atoms with Gasteiger partial charge in [0.1, 0.15) is 22.5 Å². The third-order valence-corrected chi connectivity index (χ3v) is 5.38. The number of imidazole rings is 1. The van der Waals surface area contributed by atoms with Gasteiger partial charge in [-0.15, -0.1) is 0 Å². The van der Waals surface area contributed by atoms with Crippen molar-refractivity contribution < 1.29 is 0 Å². The second-order valence-electron chi connectivity index (χ2n) is 6.80. The van der Waals surface area contributed by atoms with E-state index in [4.69, 9.17) is 39.7 Å². The summed E-state index contributed by atoms with van der Waals surface area (Å²) in [5, 5.41) is 3.98. The number of halogens is 2. The Morgan fingerprint density at radius 1 is 1.23 bits per heavy atom. The summed E-state index contributed by atoms with van der Waals surface area (Å²) in [5.41, 5.74) is 11.7. The lowest BCUT2D eigenvalue weighted by molar-refractivity contribution is 0.613. The van der Waals surface area contributed by atoms with E-state index in [-0.39, 0.29) is 28.2 Å². The van der Waals surface area contributed by atoms with Crippen LogP contribution in [0.3, 0.4) is 0 Å². The molecule has 1 atom stereocenters. The molecule has 160 valence electrons. The normalized spacial score (nSPS) is 12.2. The fourth-order valence-corrected chi connectivity index (χ4v) is 3.73. The number of nitrogens with one attached hydrogen (secondary N) is 2. The fraction of sp³-hybridized carbons (Fsp3) is 0.211. The maximum Gasteiger partial charge on any atom is 0.268 e. The van der Waals surface area contributed by atoms with Crippen molar-refractivity contribution in [1.82, 2.24) is 29.5 Å². The average molecular weight is 460 g/mol. The van der Waals surface area contributed by atoms with E-state index in [1.165, 1.54) is 17.1 Å². The number of rotatable bonds is 6. The highest BCUT2D eigenvalue weighted by atomic mass is 35.5. The Morgan fingerprint density at radius 2 is 2.03 bits per heavy atom. The van der Waals surface area contributed by atoms with Gasteiger partial charge in [-0.3, -0.25) is 4.79 Å². The van der Waals surface area contributed by atoms with Crippen LogP contribution in [-0.4, -0.2) is 29.5 Å². The predicted molar refractivity (Wildman–Crippen MR) is 122 cm³/mol. The highest BCUT2D eigenvalue weighted by Gasteiger charge is 2.24. The fourth-order valence-electron chi connectivity index (χ4n) is 3.34. The van der Waals surface area contributed by atoms with Gasteiger partial charge in [0.2, 0.25) is 5.95 Å². The van der Waals surface area contributed by atoms with Gasteiger partial charge < -0.3 is 21.8 Å². The monoisotopic (exact) mass is 459 g/mol. The Hall–Kier alpha value is -3.37. The van der Waals surface area contributed by atoms with Crippen molar-refractivity contribution in [3.63, 3.8) is 0 Å². The van der Waals surface area contributed by atoms with Crippen LogP contribution >= 0.6 is 23.2 Å². The second kappa shape index (κ2) is 8.40. The zero-order valence-corrected chi connectivity index (χ0v) is 17.9. The Kier molecular flexibility index (Phi) is 5.66. The third-order valence-electron chi connectivity index (χ3n) is 4.69. The Morgan fingerprint density at radius 3 is 2.74 bits per heavy atom. The molecule has 0 unspecified atom stereocenters. The molecule has 0 aliphatic heterocycles. The summed E-state index contributed by atoms with van der Waals surface area (Å²) in [6.07, 6.45) is 4.39. The van der Waals surface area contributed by atoms with Gasteiger partial charge in [-0.05, 0) is 18.6 Å². The van der Waals surface area contributed by atoms with Crippen LogP contribution in [0.1, 0.15) is 31.6 Å². The van der Waals surface area contributed by atoms with Gasteiger partial charge in [0, 0.05) is 0 Å². The molecule has 10 nitrogen and oxygen atoms in total. The van der Waals surface area contributed by atoms with Crippen LogP contribution in [0.2, 0.25) is 10.0 Å². The highest BCUT2D eigenvalue weighted by molar-refractivity contribution is 6.35. The molecule has 4 aromatic rings. The van der Waals surface area contributed by atoms with Gasteiger partial charge in [-0.1, -0.05) is 42.6 Å². The van der Waals surface area contributed by atoms with E-state index in [0.717, 1.165) is 6.42 Å². The summed E-state index contributed by atoms with van der Waals surface area (Å²) >= 11 is 12.6. The average Bonchev–Trinajstić information content (AvgIpc) is 3.25. The number of hydrogen-bond acceptors (Lipinski definition) is 8. The topological polar surface area (TPSA) is 153 Å². The molecular formula is C19H19Cl2N9O. The van der Waals surface area contributed by atoms with Crippen LogP contribution in [0.25, 0.3) is 16.7 Å². The molecule has 0 radical (unpaired) electrons. The van der Waals surface area contributed by atoms with E-state index in [0.29, 0.717) is 34.0 Å². The largest absolute Gasteiger partial charge is 0.382 e. The van der Waals surface area contributed by atoms with Gasteiger partial charge in [0.25, 0.3) is 5.56 Å². The molecule has 0 saturated heterocycles. The minimum Gasteiger partial charge on any atom is -0.382 e. The quantitative estimate of drug-likeness (QED) is 0.342. The number of nitrogen functional groups attached to an aromatic ring is 2. The van der Waals surface area contributed by atoms with Crippen molar-refractivity contribution in [3.8, 4) is 5.82 Å². The molecule has 6 N–H and O–H groups in total. The van der Waals surface area contributed by atoms with E-state index >= 15 is 0 Å². The summed E-state index contributed by atoms with van der Waals surface area (Å²) in [6.45, 7) is 2.01. The van der Waals surface area contributed by atoms with Crippen molar-refractivity contribution in [2.45, 2.75) is 25.8 Å². The van der Waals surface area contributed by atoms with Crippen molar-refractivity contribution >= 4 is 51.7 Å². The molecule has 0 amide bonds. The first-order chi connectivity index (χ1) is 14.9. The first-order valence-corrected chi connectivity index (χ1v) is 10.2. The van der Waals surface area contributed by atoms with Crippen molar-refractivity contribution in [3.05, 3.63) is 56.9 Å². The third kappa shape index (κ3) is 3.87. The van der Waals surface area contributed by atoms with E-state index in [2.05, 4.69) is 25.3 Å². The number of benzene rings is 1. The van der Waals surface area contributed by atoms with E-state index in [1.807, 2.05) is 6.92 Å². The second-order valence-corrected chi connectivity index (χ2v) is 7.58. The number of nitrogens with two attached hydrogens (primary N) is 2. The van der Waals surface area contributed by atoms with Gasteiger partial charge in [0.05, 0.1) is 34.5 Å². The minimum atomic E-state index is -0.462. The lowest BCUT2D eigenvalue weighted by Gasteiger charge is -2.23. The molecule has 31 heavy (non-hydrogen) atoms.